The predicted molar refractivity (Wildman–Crippen MR) is 82.3 cm³/mol. The maximum atomic E-state index is 12.0. The van der Waals surface area contributed by atoms with Crippen LogP contribution in [0.15, 0.2) is 24.3 Å². The Kier molecular flexibility index (Phi) is 6.44. The van der Waals surface area contributed by atoms with Gasteiger partial charge in [-0.2, -0.15) is 0 Å². The van der Waals surface area contributed by atoms with E-state index in [-0.39, 0.29) is 30.9 Å². The van der Waals surface area contributed by atoms with Crippen molar-refractivity contribution in [1.82, 2.24) is 0 Å². The molecule has 0 spiro atoms. The Labute approximate surface area is 125 Å². The smallest absolute Gasteiger partial charge is 0.235 e. The number of rotatable bonds is 9. The Balaban J connectivity index is 2.70. The van der Waals surface area contributed by atoms with E-state index in [9.17, 15) is 8.42 Å². The Bertz CT molecular complexity index is 573. The number of nitrogens with two attached hydrogens (primary N) is 1. The molecule has 4 N–H and O–H groups in total. The number of hydrogen-bond donors (Lipinski definition) is 3. The zero-order valence-corrected chi connectivity index (χ0v) is 12.9. The first-order chi connectivity index (χ1) is 9.80. The van der Waals surface area contributed by atoms with Crippen LogP contribution < -0.4 is 15.2 Å². The van der Waals surface area contributed by atoms with Gasteiger partial charge in [-0.1, -0.05) is 12.1 Å². The van der Waals surface area contributed by atoms with E-state index in [0.717, 1.165) is 0 Å². The van der Waals surface area contributed by atoms with Gasteiger partial charge in [0.15, 0.2) is 0 Å². The Morgan fingerprint density at radius 2 is 2.05 bits per heavy atom. The molecule has 7 nitrogen and oxygen atoms in total. The normalized spacial score (nSPS) is 11.4. The highest BCUT2D eigenvalue weighted by atomic mass is 32.2. The molecule has 0 saturated carbocycles. The van der Waals surface area contributed by atoms with Gasteiger partial charge in [-0.05, 0) is 26.0 Å². The lowest BCUT2D eigenvalue weighted by Gasteiger charge is -2.13. The average Bonchev–Trinajstić information content (AvgIpc) is 2.36. The molecule has 1 rings (SSSR count). The monoisotopic (exact) mass is 315 g/mol. The van der Waals surface area contributed by atoms with Crippen LogP contribution in [0.2, 0.25) is 0 Å². The topological polar surface area (TPSA) is 115 Å². The molecule has 0 fully saturated rings. The summed E-state index contributed by atoms with van der Waals surface area (Å²) in [5, 5.41) is 7.12. The van der Waals surface area contributed by atoms with Gasteiger partial charge in [0.25, 0.3) is 0 Å². The molecule has 0 saturated heterocycles. The highest BCUT2D eigenvalue weighted by molar-refractivity contribution is 7.92. The fourth-order valence-corrected chi connectivity index (χ4v) is 2.37. The van der Waals surface area contributed by atoms with E-state index in [1.807, 2.05) is 13.8 Å². The molecular formula is C13H21N3O4S. The second-order valence-corrected chi connectivity index (χ2v) is 6.49. The van der Waals surface area contributed by atoms with Crippen molar-refractivity contribution in [3.8, 4) is 5.75 Å². The number of amidine groups is 1. The fourth-order valence-electron chi connectivity index (χ4n) is 1.44. The summed E-state index contributed by atoms with van der Waals surface area (Å²) in [5.41, 5.74) is 5.52. The van der Waals surface area contributed by atoms with Gasteiger partial charge in [0, 0.05) is 0 Å². The van der Waals surface area contributed by atoms with E-state index in [2.05, 4.69) is 4.72 Å². The molecule has 0 unspecified atom stereocenters. The molecule has 0 heterocycles. The van der Waals surface area contributed by atoms with Gasteiger partial charge in [-0.3, -0.25) is 10.1 Å². The minimum Gasteiger partial charge on any atom is -0.484 e. The van der Waals surface area contributed by atoms with Crippen LogP contribution in [0.3, 0.4) is 0 Å². The van der Waals surface area contributed by atoms with Gasteiger partial charge >= 0.3 is 0 Å². The standard InChI is InChI=1S/C13H21N3O4S/c1-10(2)19-7-8-21(17,18)16-11-5-3-4-6-12(11)20-9-13(14)15/h3-6,10,16H,7-9H2,1-2H3,(H3,14,15). The van der Waals surface area contributed by atoms with Crippen LogP contribution in [-0.4, -0.2) is 39.3 Å². The highest BCUT2D eigenvalue weighted by Crippen LogP contribution is 2.24. The van der Waals surface area contributed by atoms with Crippen LogP contribution in [0.1, 0.15) is 13.8 Å². The van der Waals surface area contributed by atoms with Crippen molar-refractivity contribution in [3.63, 3.8) is 0 Å². The van der Waals surface area contributed by atoms with Crippen molar-refractivity contribution < 1.29 is 17.9 Å². The molecule has 0 radical (unpaired) electrons. The van der Waals surface area contributed by atoms with Crippen molar-refractivity contribution in [1.29, 1.82) is 5.41 Å². The van der Waals surface area contributed by atoms with Crippen LogP contribution in [0.4, 0.5) is 5.69 Å². The number of ether oxygens (including phenoxy) is 2. The molecule has 0 amide bonds. The van der Waals surface area contributed by atoms with Crippen molar-refractivity contribution in [3.05, 3.63) is 24.3 Å². The number of anilines is 1. The summed E-state index contributed by atoms with van der Waals surface area (Å²) in [6.07, 6.45) is -0.0219. The first kappa shape index (κ1) is 17.3. The van der Waals surface area contributed by atoms with Gasteiger partial charge < -0.3 is 15.2 Å². The average molecular weight is 315 g/mol. The van der Waals surface area contributed by atoms with Gasteiger partial charge in [0.05, 0.1) is 24.2 Å². The van der Waals surface area contributed by atoms with Crippen LogP contribution in [0.25, 0.3) is 0 Å². The molecule has 0 atom stereocenters. The summed E-state index contributed by atoms with van der Waals surface area (Å²) in [7, 11) is -3.53. The summed E-state index contributed by atoms with van der Waals surface area (Å²) in [4.78, 5) is 0. The lowest BCUT2D eigenvalue weighted by Crippen LogP contribution is -2.23. The third-order valence-corrected chi connectivity index (χ3v) is 3.57. The number of hydrogen-bond acceptors (Lipinski definition) is 5. The summed E-state index contributed by atoms with van der Waals surface area (Å²) < 4.78 is 36.9. The largest absolute Gasteiger partial charge is 0.484 e. The Hall–Kier alpha value is -1.80. The quantitative estimate of drug-likeness (QED) is 0.467. The second kappa shape index (κ2) is 7.84. The molecule has 1 aromatic rings. The van der Waals surface area contributed by atoms with Gasteiger partial charge in [0.2, 0.25) is 10.0 Å². The minimum absolute atomic E-state index is 0.0219. The van der Waals surface area contributed by atoms with E-state index in [4.69, 9.17) is 20.6 Å². The molecule has 0 aliphatic carbocycles. The van der Waals surface area contributed by atoms with Crippen molar-refractivity contribution in [2.75, 3.05) is 23.7 Å². The zero-order valence-electron chi connectivity index (χ0n) is 12.1. The van der Waals surface area contributed by atoms with Crippen LogP contribution in [0.5, 0.6) is 5.75 Å². The Morgan fingerprint density at radius 1 is 1.38 bits per heavy atom. The number of benzene rings is 1. The molecule has 0 aromatic heterocycles. The van der Waals surface area contributed by atoms with Crippen LogP contribution >= 0.6 is 0 Å². The van der Waals surface area contributed by atoms with E-state index >= 15 is 0 Å². The summed E-state index contributed by atoms with van der Waals surface area (Å²) >= 11 is 0. The van der Waals surface area contributed by atoms with Gasteiger partial charge in [0.1, 0.15) is 18.2 Å². The molecule has 1 aromatic carbocycles. The lowest BCUT2D eigenvalue weighted by atomic mass is 10.3. The molecule has 0 aliphatic rings. The zero-order chi connectivity index (χ0) is 15.9. The first-order valence-corrected chi connectivity index (χ1v) is 8.12. The first-order valence-electron chi connectivity index (χ1n) is 6.47. The summed E-state index contributed by atoms with van der Waals surface area (Å²) in [6, 6.07) is 6.57. The van der Waals surface area contributed by atoms with Crippen LogP contribution in [-0.2, 0) is 14.8 Å². The molecule has 0 bridgehead atoms. The van der Waals surface area contributed by atoms with E-state index in [0.29, 0.717) is 11.4 Å². The number of sulfonamides is 1. The van der Waals surface area contributed by atoms with Crippen molar-refractivity contribution in [2.45, 2.75) is 20.0 Å². The van der Waals surface area contributed by atoms with Crippen molar-refractivity contribution in [2.24, 2.45) is 5.73 Å². The molecule has 8 heteroatoms. The maximum Gasteiger partial charge on any atom is 0.235 e. The third-order valence-electron chi connectivity index (χ3n) is 2.34. The summed E-state index contributed by atoms with van der Waals surface area (Å²) in [6.45, 7) is 3.69. The van der Waals surface area contributed by atoms with E-state index < -0.39 is 10.0 Å². The molecular weight excluding hydrogens is 294 g/mol. The highest BCUT2D eigenvalue weighted by Gasteiger charge is 2.14. The van der Waals surface area contributed by atoms with Gasteiger partial charge in [-0.15, -0.1) is 0 Å². The Morgan fingerprint density at radius 3 is 2.67 bits per heavy atom. The van der Waals surface area contributed by atoms with Crippen LogP contribution in [0, 0.1) is 5.41 Å². The number of para-hydroxylation sites is 2. The van der Waals surface area contributed by atoms with Gasteiger partial charge in [-0.25, -0.2) is 8.42 Å². The molecule has 118 valence electrons. The second-order valence-electron chi connectivity index (χ2n) is 4.65. The predicted octanol–water partition coefficient (Wildman–Crippen LogP) is 1.17. The molecule has 0 aliphatic heterocycles. The fraction of sp³-hybridized carbons (Fsp3) is 0.462. The maximum absolute atomic E-state index is 12.0. The van der Waals surface area contributed by atoms with Crippen molar-refractivity contribution >= 4 is 21.5 Å². The third kappa shape index (κ3) is 6.96. The summed E-state index contributed by atoms with van der Waals surface area (Å²) in [5.74, 6) is 0.0331. The SMILES string of the molecule is CC(C)OCCS(=O)(=O)Nc1ccccc1OCC(=N)N. The lowest BCUT2D eigenvalue weighted by molar-refractivity contribution is 0.0913. The van der Waals surface area contributed by atoms with E-state index in [1.54, 1.807) is 24.3 Å². The molecule has 21 heavy (non-hydrogen) atoms. The van der Waals surface area contributed by atoms with E-state index in [1.165, 1.54) is 0 Å². The minimum atomic E-state index is -3.53. The number of nitrogens with one attached hydrogen (secondary N) is 2.